The molecule has 0 unspecified atom stereocenters. The van der Waals surface area contributed by atoms with Crippen molar-refractivity contribution in [2.24, 2.45) is 0 Å². The largest absolute Gasteiger partial charge is 0.389 e. The van der Waals surface area contributed by atoms with Crippen LogP contribution >= 0.6 is 0 Å². The summed E-state index contributed by atoms with van der Waals surface area (Å²) in [7, 11) is 1.74. The van der Waals surface area contributed by atoms with Crippen molar-refractivity contribution in [3.8, 4) is 23.2 Å². The first-order valence-electron chi connectivity index (χ1n) is 9.91. The van der Waals surface area contributed by atoms with Gasteiger partial charge in [0.05, 0.1) is 6.42 Å². The van der Waals surface area contributed by atoms with Crippen molar-refractivity contribution in [1.29, 1.82) is 0 Å². The van der Waals surface area contributed by atoms with E-state index in [4.69, 9.17) is 10.3 Å². The molecule has 13 heteroatoms. The number of Topliss-reactive ketones (excluding diaryl/α,β-unsaturated/α-hetero) is 1. The summed E-state index contributed by atoms with van der Waals surface area (Å²) in [5.74, 6) is -0.859. The highest BCUT2D eigenvalue weighted by Crippen LogP contribution is 2.27. The average molecular weight is 470 g/mol. The topological polar surface area (TPSA) is 137 Å². The van der Waals surface area contributed by atoms with Crippen molar-refractivity contribution in [3.63, 3.8) is 0 Å². The smallest absolute Gasteiger partial charge is 0.368 e. The van der Waals surface area contributed by atoms with Crippen LogP contribution in [0.1, 0.15) is 23.2 Å². The molecular formula is C21H17F3N8O2. The Morgan fingerprint density at radius 3 is 2.53 bits per heavy atom. The van der Waals surface area contributed by atoms with Gasteiger partial charge in [-0.15, -0.1) is 0 Å². The van der Waals surface area contributed by atoms with E-state index in [1.54, 1.807) is 11.9 Å². The van der Waals surface area contributed by atoms with Crippen LogP contribution in [0.3, 0.4) is 0 Å². The van der Waals surface area contributed by atoms with E-state index >= 15 is 0 Å². The fourth-order valence-corrected chi connectivity index (χ4v) is 3.00. The molecule has 0 saturated carbocycles. The van der Waals surface area contributed by atoms with Crippen molar-refractivity contribution in [1.82, 2.24) is 30.1 Å². The van der Waals surface area contributed by atoms with Gasteiger partial charge in [-0.05, 0) is 24.3 Å². The lowest BCUT2D eigenvalue weighted by Gasteiger charge is -2.17. The number of para-hydroxylation sites is 1. The molecule has 174 valence electrons. The number of hydrogen-bond acceptors (Lipinski definition) is 10. The summed E-state index contributed by atoms with van der Waals surface area (Å²) < 4.78 is 42.8. The van der Waals surface area contributed by atoms with Gasteiger partial charge in [0.1, 0.15) is 5.69 Å². The molecule has 4 rings (SSSR count). The van der Waals surface area contributed by atoms with E-state index in [0.29, 0.717) is 0 Å². The van der Waals surface area contributed by atoms with Gasteiger partial charge in [-0.3, -0.25) is 9.78 Å². The SMILES string of the molecule is CN(c1ccccc1)c1nc(N)nc(-c2noc(-c3ncccc3C(=O)CCC(F)(F)F)n2)n1. The zero-order valence-corrected chi connectivity index (χ0v) is 17.7. The van der Waals surface area contributed by atoms with Crippen LogP contribution in [-0.4, -0.2) is 49.1 Å². The predicted octanol–water partition coefficient (Wildman–Crippen LogP) is 3.86. The highest BCUT2D eigenvalue weighted by Gasteiger charge is 2.29. The van der Waals surface area contributed by atoms with Gasteiger partial charge in [0.2, 0.25) is 23.5 Å². The van der Waals surface area contributed by atoms with Crippen molar-refractivity contribution >= 4 is 23.4 Å². The Balaban J connectivity index is 1.64. The van der Waals surface area contributed by atoms with Gasteiger partial charge in [0.15, 0.2) is 5.78 Å². The molecular weight excluding hydrogens is 453 g/mol. The molecule has 0 atom stereocenters. The number of aromatic nitrogens is 6. The molecule has 0 amide bonds. The molecule has 0 saturated heterocycles. The zero-order chi connectivity index (χ0) is 24.3. The summed E-state index contributed by atoms with van der Waals surface area (Å²) in [6, 6.07) is 12.0. The number of nitrogens with zero attached hydrogens (tertiary/aromatic N) is 7. The molecule has 0 aliphatic carbocycles. The summed E-state index contributed by atoms with van der Waals surface area (Å²) in [6.45, 7) is 0. The van der Waals surface area contributed by atoms with Gasteiger partial charge in [-0.25, -0.2) is 0 Å². The van der Waals surface area contributed by atoms with Crippen LogP contribution in [0.5, 0.6) is 0 Å². The van der Waals surface area contributed by atoms with Crippen LogP contribution in [0.2, 0.25) is 0 Å². The number of rotatable bonds is 7. The maximum atomic E-state index is 12.5. The average Bonchev–Trinajstić information content (AvgIpc) is 3.32. The number of carbonyl (C=O) groups is 1. The maximum Gasteiger partial charge on any atom is 0.389 e. The second kappa shape index (κ2) is 9.21. The Morgan fingerprint density at radius 1 is 1.03 bits per heavy atom. The minimum atomic E-state index is -4.46. The van der Waals surface area contributed by atoms with Crippen molar-refractivity contribution < 1.29 is 22.5 Å². The molecule has 0 aliphatic rings. The Kier molecular flexibility index (Phi) is 6.17. The number of carbonyl (C=O) groups excluding carboxylic acids is 1. The molecule has 0 aliphatic heterocycles. The number of anilines is 3. The number of benzene rings is 1. The summed E-state index contributed by atoms with van der Waals surface area (Å²) in [5, 5.41) is 3.82. The Bertz CT molecular complexity index is 1310. The van der Waals surface area contributed by atoms with Gasteiger partial charge < -0.3 is 15.2 Å². The molecule has 2 N–H and O–H groups in total. The van der Waals surface area contributed by atoms with Gasteiger partial charge in [-0.2, -0.15) is 33.1 Å². The normalized spacial score (nSPS) is 11.4. The van der Waals surface area contributed by atoms with E-state index < -0.39 is 24.8 Å². The second-order valence-electron chi connectivity index (χ2n) is 7.07. The van der Waals surface area contributed by atoms with Crippen molar-refractivity contribution in [2.45, 2.75) is 19.0 Å². The Labute approximate surface area is 190 Å². The standard InChI is InChI=1S/C21H17F3N8O2/c1-32(12-6-3-2-4-7-12)20-29-16(28-19(25)30-20)17-27-18(34-31-17)15-13(8-5-11-26-15)14(33)9-10-21(22,23)24/h2-8,11H,9-10H2,1H3,(H2,25,28,29,30). The number of pyridine rings is 1. The highest BCUT2D eigenvalue weighted by atomic mass is 19.4. The molecule has 0 fully saturated rings. The van der Waals surface area contributed by atoms with Crippen LogP contribution in [0.25, 0.3) is 23.2 Å². The lowest BCUT2D eigenvalue weighted by atomic mass is 10.0. The zero-order valence-electron chi connectivity index (χ0n) is 17.7. The number of hydrogen-bond donors (Lipinski definition) is 1. The van der Waals surface area contributed by atoms with Gasteiger partial charge in [0, 0.05) is 30.9 Å². The van der Waals surface area contributed by atoms with E-state index in [1.165, 1.54) is 18.3 Å². The van der Waals surface area contributed by atoms with Crippen molar-refractivity contribution in [2.75, 3.05) is 17.7 Å². The van der Waals surface area contributed by atoms with Gasteiger partial charge >= 0.3 is 6.18 Å². The number of ketones is 1. The Morgan fingerprint density at radius 2 is 1.79 bits per heavy atom. The number of nitrogens with two attached hydrogens (primary N) is 1. The molecule has 0 radical (unpaired) electrons. The predicted molar refractivity (Wildman–Crippen MR) is 115 cm³/mol. The molecule has 0 bridgehead atoms. The van der Waals surface area contributed by atoms with Crippen LogP contribution in [0, 0.1) is 0 Å². The van der Waals surface area contributed by atoms with Gasteiger partial charge in [0.25, 0.3) is 5.89 Å². The second-order valence-corrected chi connectivity index (χ2v) is 7.07. The van der Waals surface area contributed by atoms with E-state index in [2.05, 4.69) is 30.1 Å². The molecule has 34 heavy (non-hydrogen) atoms. The van der Waals surface area contributed by atoms with Crippen LogP contribution in [0.15, 0.2) is 53.2 Å². The summed E-state index contributed by atoms with van der Waals surface area (Å²) in [4.78, 5) is 34.8. The Hall–Kier alpha value is -4.42. The molecule has 4 aromatic rings. The maximum absolute atomic E-state index is 12.5. The molecule has 3 aromatic heterocycles. The third-order valence-electron chi connectivity index (χ3n) is 4.66. The number of nitrogen functional groups attached to an aromatic ring is 1. The molecule has 10 nitrogen and oxygen atoms in total. The quantitative estimate of drug-likeness (QED) is 0.396. The molecule has 1 aromatic carbocycles. The first kappa shape index (κ1) is 22.8. The molecule has 3 heterocycles. The van der Waals surface area contributed by atoms with E-state index in [-0.39, 0.29) is 40.7 Å². The number of halogens is 3. The third-order valence-corrected chi connectivity index (χ3v) is 4.66. The lowest BCUT2D eigenvalue weighted by molar-refractivity contribution is -0.133. The van der Waals surface area contributed by atoms with Crippen LogP contribution < -0.4 is 10.6 Å². The summed E-state index contributed by atoms with van der Waals surface area (Å²) in [6.07, 6.45) is -5.09. The fraction of sp³-hybridized carbons (Fsp3) is 0.190. The minimum absolute atomic E-state index is 0.00107. The lowest BCUT2D eigenvalue weighted by Crippen LogP contribution is -2.15. The van der Waals surface area contributed by atoms with Crippen LogP contribution in [-0.2, 0) is 0 Å². The first-order valence-corrected chi connectivity index (χ1v) is 9.91. The summed E-state index contributed by atoms with van der Waals surface area (Å²) >= 11 is 0. The fourth-order valence-electron chi connectivity index (χ4n) is 3.00. The van der Waals surface area contributed by atoms with E-state index in [0.717, 1.165) is 5.69 Å². The third kappa shape index (κ3) is 5.14. The number of alkyl halides is 3. The monoisotopic (exact) mass is 470 g/mol. The van der Waals surface area contributed by atoms with Crippen LogP contribution in [0.4, 0.5) is 30.8 Å². The highest BCUT2D eigenvalue weighted by molar-refractivity contribution is 6.00. The van der Waals surface area contributed by atoms with Gasteiger partial charge in [-0.1, -0.05) is 23.4 Å². The molecule has 0 spiro atoms. The van der Waals surface area contributed by atoms with E-state index in [9.17, 15) is 18.0 Å². The van der Waals surface area contributed by atoms with Crippen molar-refractivity contribution in [3.05, 3.63) is 54.2 Å². The van der Waals surface area contributed by atoms with E-state index in [1.807, 2.05) is 30.3 Å². The minimum Gasteiger partial charge on any atom is -0.368 e. The first-order chi connectivity index (χ1) is 16.2. The summed E-state index contributed by atoms with van der Waals surface area (Å²) in [5.41, 5.74) is 6.52.